The van der Waals surface area contributed by atoms with E-state index in [1.165, 1.54) is 0 Å². The number of benzene rings is 3. The van der Waals surface area contributed by atoms with Gasteiger partial charge in [-0.05, 0) is 66.1 Å². The molecule has 1 heterocycles. The molecule has 0 aliphatic carbocycles. The van der Waals surface area contributed by atoms with Gasteiger partial charge in [0.2, 0.25) is 0 Å². The molecule has 6 nitrogen and oxygen atoms in total. The molecule has 0 saturated carbocycles. The van der Waals surface area contributed by atoms with Crippen LogP contribution in [0.4, 0.5) is 10.5 Å². The fraction of sp³-hybridized carbons (Fsp3) is 0.111. The molecule has 35 heavy (non-hydrogen) atoms. The van der Waals surface area contributed by atoms with Gasteiger partial charge in [0.05, 0.1) is 12.8 Å². The fourth-order valence-corrected chi connectivity index (χ4v) is 3.99. The Morgan fingerprint density at radius 3 is 2.49 bits per heavy atom. The van der Waals surface area contributed by atoms with Crippen LogP contribution >= 0.6 is 23.2 Å². The second-order valence-corrected chi connectivity index (χ2v) is 8.60. The first-order chi connectivity index (χ1) is 16.9. The summed E-state index contributed by atoms with van der Waals surface area (Å²) in [5, 5.41) is 3.70. The highest BCUT2D eigenvalue weighted by atomic mass is 35.5. The average Bonchev–Trinajstić information content (AvgIpc) is 3.11. The van der Waals surface area contributed by atoms with Crippen molar-refractivity contribution in [3.8, 4) is 11.5 Å². The average molecular weight is 509 g/mol. The predicted octanol–water partition coefficient (Wildman–Crippen LogP) is 6.41. The van der Waals surface area contributed by atoms with Gasteiger partial charge < -0.3 is 14.8 Å². The van der Waals surface area contributed by atoms with Gasteiger partial charge in [0.25, 0.3) is 5.91 Å². The monoisotopic (exact) mass is 508 g/mol. The highest BCUT2D eigenvalue weighted by Crippen LogP contribution is 2.35. The zero-order chi connectivity index (χ0) is 24.9. The molecule has 0 unspecified atom stereocenters. The van der Waals surface area contributed by atoms with Crippen LogP contribution in [0, 0.1) is 0 Å². The number of halogens is 2. The van der Waals surface area contributed by atoms with Crippen LogP contribution in [0.25, 0.3) is 6.08 Å². The molecule has 0 radical (unpaired) electrons. The maximum atomic E-state index is 13.0. The van der Waals surface area contributed by atoms with Crippen LogP contribution in [0.1, 0.15) is 16.7 Å². The Bertz CT molecular complexity index is 1320. The van der Waals surface area contributed by atoms with Gasteiger partial charge in [-0.3, -0.25) is 4.79 Å². The van der Waals surface area contributed by atoms with Gasteiger partial charge in [-0.1, -0.05) is 47.5 Å². The molecule has 3 aromatic rings. The highest BCUT2D eigenvalue weighted by molar-refractivity contribution is 6.32. The van der Waals surface area contributed by atoms with E-state index in [1.54, 1.807) is 61.7 Å². The van der Waals surface area contributed by atoms with Gasteiger partial charge in [0, 0.05) is 15.6 Å². The normalized spacial score (nSPS) is 14.3. The molecule has 4 rings (SSSR count). The molecule has 1 saturated heterocycles. The second-order valence-electron chi connectivity index (χ2n) is 7.73. The van der Waals surface area contributed by atoms with Crippen LogP contribution in [0.15, 0.2) is 79.0 Å². The molecule has 3 amide bonds. The Balaban J connectivity index is 1.64. The quantitative estimate of drug-likeness (QED) is 0.217. The lowest BCUT2D eigenvalue weighted by atomic mass is 10.0. The minimum Gasteiger partial charge on any atom is -0.493 e. The van der Waals surface area contributed by atoms with E-state index in [2.05, 4.69) is 11.9 Å². The molecular weight excluding hydrogens is 487 g/mol. The Morgan fingerprint density at radius 1 is 1.03 bits per heavy atom. The molecule has 0 aromatic heterocycles. The fourth-order valence-electron chi connectivity index (χ4n) is 3.68. The lowest BCUT2D eigenvalue weighted by Crippen LogP contribution is -2.30. The van der Waals surface area contributed by atoms with Crippen LogP contribution in [0.3, 0.4) is 0 Å². The maximum absolute atomic E-state index is 13.0. The summed E-state index contributed by atoms with van der Waals surface area (Å²) in [6.07, 6.45) is 3.87. The number of allylic oxidation sites excluding steroid dienone is 1. The molecule has 8 heteroatoms. The van der Waals surface area contributed by atoms with Gasteiger partial charge in [0.1, 0.15) is 12.3 Å². The number of nitrogens with one attached hydrogen (secondary N) is 1. The van der Waals surface area contributed by atoms with Crippen molar-refractivity contribution in [2.75, 3.05) is 12.0 Å². The lowest BCUT2D eigenvalue weighted by Gasteiger charge is -2.16. The van der Waals surface area contributed by atoms with Gasteiger partial charge in [-0.2, -0.15) is 0 Å². The first-order valence-corrected chi connectivity index (χ1v) is 11.5. The third-order valence-electron chi connectivity index (χ3n) is 5.29. The molecule has 1 aliphatic rings. The number of hydrogen-bond donors (Lipinski definition) is 1. The van der Waals surface area contributed by atoms with Gasteiger partial charge >= 0.3 is 6.03 Å². The minimum atomic E-state index is -0.551. The van der Waals surface area contributed by atoms with Crippen molar-refractivity contribution in [2.24, 2.45) is 0 Å². The Morgan fingerprint density at radius 2 is 1.80 bits per heavy atom. The van der Waals surface area contributed by atoms with Gasteiger partial charge in [-0.15, -0.1) is 6.58 Å². The summed E-state index contributed by atoms with van der Waals surface area (Å²) in [5.74, 6) is 0.588. The summed E-state index contributed by atoms with van der Waals surface area (Å²) in [7, 11) is 1.54. The van der Waals surface area contributed by atoms with Gasteiger partial charge in [0.15, 0.2) is 11.5 Å². The molecular formula is C27H22Cl2N2O4. The van der Waals surface area contributed by atoms with Crippen molar-refractivity contribution in [1.82, 2.24) is 5.32 Å². The van der Waals surface area contributed by atoms with Crippen LogP contribution in [-0.4, -0.2) is 19.0 Å². The highest BCUT2D eigenvalue weighted by Gasteiger charge is 2.35. The van der Waals surface area contributed by atoms with Crippen molar-refractivity contribution in [3.63, 3.8) is 0 Å². The van der Waals surface area contributed by atoms with Crippen molar-refractivity contribution >= 4 is 46.9 Å². The topological polar surface area (TPSA) is 67.9 Å². The van der Waals surface area contributed by atoms with E-state index in [1.807, 2.05) is 18.2 Å². The van der Waals surface area contributed by atoms with Crippen LogP contribution in [-0.2, 0) is 17.8 Å². The van der Waals surface area contributed by atoms with Crippen molar-refractivity contribution in [3.05, 3.63) is 106 Å². The Hall–Kier alpha value is -3.74. The number of amides is 3. The smallest absolute Gasteiger partial charge is 0.333 e. The van der Waals surface area contributed by atoms with E-state index >= 15 is 0 Å². The van der Waals surface area contributed by atoms with E-state index in [9.17, 15) is 9.59 Å². The van der Waals surface area contributed by atoms with Gasteiger partial charge in [-0.25, -0.2) is 9.69 Å². The number of nitrogens with zero attached hydrogens (tertiary/aromatic N) is 1. The number of methoxy groups -OCH3 is 1. The van der Waals surface area contributed by atoms with Crippen LogP contribution < -0.4 is 19.7 Å². The summed E-state index contributed by atoms with van der Waals surface area (Å²) < 4.78 is 11.7. The number of hydrogen-bond acceptors (Lipinski definition) is 4. The molecule has 178 valence electrons. The molecule has 0 atom stereocenters. The first kappa shape index (κ1) is 24.4. The minimum absolute atomic E-state index is 0.136. The maximum Gasteiger partial charge on any atom is 0.333 e. The third kappa shape index (κ3) is 5.50. The van der Waals surface area contributed by atoms with Crippen LogP contribution in [0.5, 0.6) is 11.5 Å². The Kier molecular flexibility index (Phi) is 7.44. The first-order valence-electron chi connectivity index (χ1n) is 10.7. The molecule has 0 spiro atoms. The van der Waals surface area contributed by atoms with E-state index in [0.717, 1.165) is 16.0 Å². The van der Waals surface area contributed by atoms with E-state index in [-0.39, 0.29) is 5.70 Å². The summed E-state index contributed by atoms with van der Waals surface area (Å²) >= 11 is 12.0. The number of imide groups is 1. The van der Waals surface area contributed by atoms with E-state index < -0.39 is 11.9 Å². The SMILES string of the molecule is C=CCc1cc(/C=C2/NC(=O)N(c3cccc(Cl)c3)C2=O)cc(OC)c1OCc1ccc(Cl)cc1. The van der Waals surface area contributed by atoms with Crippen molar-refractivity contribution in [2.45, 2.75) is 13.0 Å². The summed E-state index contributed by atoms with van der Waals surface area (Å²) in [6.45, 7) is 4.15. The zero-order valence-corrected chi connectivity index (χ0v) is 20.4. The molecule has 1 N–H and O–H groups in total. The lowest BCUT2D eigenvalue weighted by molar-refractivity contribution is -0.113. The van der Waals surface area contributed by atoms with Crippen molar-refractivity contribution < 1.29 is 19.1 Å². The Labute approximate surface area is 213 Å². The molecule has 1 fully saturated rings. The molecule has 0 bridgehead atoms. The second kappa shape index (κ2) is 10.7. The van der Waals surface area contributed by atoms with Crippen molar-refractivity contribution in [1.29, 1.82) is 0 Å². The standard InChI is InChI=1S/C27H22Cl2N2O4/c1-3-5-19-12-18(14-24(34-2)25(19)35-16-17-8-10-20(28)11-9-17)13-23-26(32)31(27(33)30-23)22-7-4-6-21(29)15-22/h3-4,6-15H,1,5,16H2,2H3,(H,30,33)/b23-13+. The number of carbonyl (C=O) groups is 2. The summed E-state index contributed by atoms with van der Waals surface area (Å²) in [5.41, 5.74) is 2.96. The molecule has 1 aliphatic heterocycles. The predicted molar refractivity (Wildman–Crippen MR) is 138 cm³/mol. The molecule has 3 aromatic carbocycles. The largest absolute Gasteiger partial charge is 0.493 e. The number of urea groups is 1. The third-order valence-corrected chi connectivity index (χ3v) is 5.78. The number of anilines is 1. The zero-order valence-electron chi connectivity index (χ0n) is 18.9. The number of carbonyl (C=O) groups excluding carboxylic acids is 2. The number of rotatable bonds is 8. The van der Waals surface area contributed by atoms with E-state index in [0.29, 0.717) is 45.8 Å². The van der Waals surface area contributed by atoms with E-state index in [4.69, 9.17) is 32.7 Å². The number of ether oxygens (including phenoxy) is 2. The summed E-state index contributed by atoms with van der Waals surface area (Å²) in [4.78, 5) is 26.6. The summed E-state index contributed by atoms with van der Waals surface area (Å²) in [6, 6.07) is 17.0. The van der Waals surface area contributed by atoms with Crippen LogP contribution in [0.2, 0.25) is 10.0 Å².